The number of benzene rings is 1. The average Bonchev–Trinajstić information content (AvgIpc) is 2.04. The van der Waals surface area contributed by atoms with Crippen LogP contribution in [0.2, 0.25) is 0 Å². The predicted molar refractivity (Wildman–Crippen MR) is 50.5 cm³/mol. The molecule has 0 amide bonds. The van der Waals surface area contributed by atoms with Crippen LogP contribution in [-0.2, 0) is 6.61 Å². The van der Waals surface area contributed by atoms with Crippen molar-refractivity contribution in [1.29, 1.82) is 0 Å². The summed E-state index contributed by atoms with van der Waals surface area (Å²) < 4.78 is 0. The van der Waals surface area contributed by atoms with E-state index >= 15 is 0 Å². The Kier molecular flexibility index (Phi) is 2.66. The van der Waals surface area contributed by atoms with Crippen molar-refractivity contribution in [3.63, 3.8) is 0 Å². The fourth-order valence-electron chi connectivity index (χ4n) is 1.09. The molecular formula is C9H11BO2. The number of hydrogen-bond acceptors (Lipinski definition) is 2. The van der Waals surface area contributed by atoms with E-state index in [1.165, 1.54) is 6.92 Å². The van der Waals surface area contributed by atoms with Crippen molar-refractivity contribution in [2.24, 2.45) is 0 Å². The molecule has 0 spiro atoms. The Morgan fingerprint density at radius 2 is 2.25 bits per heavy atom. The van der Waals surface area contributed by atoms with E-state index in [1.807, 2.05) is 7.85 Å². The summed E-state index contributed by atoms with van der Waals surface area (Å²) in [5.41, 5.74) is 2.54. The smallest absolute Gasteiger partial charge is 0.159 e. The lowest BCUT2D eigenvalue weighted by Gasteiger charge is -2.03. The van der Waals surface area contributed by atoms with Gasteiger partial charge in [-0.3, -0.25) is 4.79 Å². The molecule has 1 aromatic rings. The lowest BCUT2D eigenvalue weighted by atomic mass is 9.88. The molecule has 3 heteroatoms. The van der Waals surface area contributed by atoms with E-state index in [4.69, 9.17) is 5.11 Å². The second-order valence-electron chi connectivity index (χ2n) is 2.86. The number of carbonyl (C=O) groups is 1. The van der Waals surface area contributed by atoms with Crippen LogP contribution in [0.4, 0.5) is 0 Å². The minimum atomic E-state index is 0.0318. The summed E-state index contributed by atoms with van der Waals surface area (Å²) in [7, 11) is 1.89. The molecule has 0 saturated heterocycles. The molecule has 1 N–H and O–H groups in total. The molecule has 12 heavy (non-hydrogen) atoms. The largest absolute Gasteiger partial charge is 0.392 e. The molecule has 1 aromatic carbocycles. The van der Waals surface area contributed by atoms with E-state index in [1.54, 1.807) is 18.2 Å². The van der Waals surface area contributed by atoms with E-state index < -0.39 is 0 Å². The van der Waals surface area contributed by atoms with Crippen molar-refractivity contribution in [3.05, 3.63) is 29.3 Å². The first kappa shape index (κ1) is 9.01. The third kappa shape index (κ3) is 1.74. The van der Waals surface area contributed by atoms with Gasteiger partial charge in [-0.1, -0.05) is 23.7 Å². The van der Waals surface area contributed by atoms with E-state index in [0.717, 1.165) is 11.0 Å². The van der Waals surface area contributed by atoms with Crippen molar-refractivity contribution in [2.45, 2.75) is 13.5 Å². The lowest BCUT2D eigenvalue weighted by molar-refractivity contribution is 0.101. The van der Waals surface area contributed by atoms with Crippen molar-refractivity contribution < 1.29 is 9.90 Å². The van der Waals surface area contributed by atoms with Gasteiger partial charge in [0.2, 0.25) is 0 Å². The number of hydrogen-bond donors (Lipinski definition) is 1. The Labute approximate surface area is 72.6 Å². The molecule has 0 heterocycles. The molecule has 0 fully saturated rings. The van der Waals surface area contributed by atoms with Crippen LogP contribution >= 0.6 is 0 Å². The number of aliphatic hydroxyl groups is 1. The molecule has 0 aliphatic rings. The summed E-state index contributed by atoms with van der Waals surface area (Å²) in [6.45, 7) is 1.57. The van der Waals surface area contributed by atoms with Gasteiger partial charge in [-0.15, -0.1) is 0 Å². The van der Waals surface area contributed by atoms with Crippen LogP contribution < -0.4 is 5.46 Å². The molecule has 0 aromatic heterocycles. The highest BCUT2D eigenvalue weighted by Crippen LogP contribution is 2.01. The molecule has 0 bridgehead atoms. The van der Waals surface area contributed by atoms with Crippen LogP contribution in [-0.4, -0.2) is 18.7 Å². The van der Waals surface area contributed by atoms with Gasteiger partial charge in [-0.2, -0.15) is 0 Å². The van der Waals surface area contributed by atoms with Gasteiger partial charge in [-0.25, -0.2) is 0 Å². The molecule has 0 saturated carbocycles. The number of ketones is 1. The van der Waals surface area contributed by atoms with Gasteiger partial charge in [-0.05, 0) is 12.5 Å². The molecule has 2 nitrogen and oxygen atoms in total. The summed E-state index contributed by atoms with van der Waals surface area (Å²) in [6.07, 6.45) is 0. The van der Waals surface area contributed by atoms with Gasteiger partial charge >= 0.3 is 0 Å². The van der Waals surface area contributed by atoms with Gasteiger partial charge in [0.05, 0.1) is 6.61 Å². The Balaban J connectivity index is 3.10. The highest BCUT2D eigenvalue weighted by Gasteiger charge is 2.01. The molecule has 62 valence electrons. The molecule has 0 radical (unpaired) electrons. The van der Waals surface area contributed by atoms with E-state index in [0.29, 0.717) is 5.56 Å². The second-order valence-corrected chi connectivity index (χ2v) is 2.86. The number of rotatable bonds is 2. The first-order valence-electron chi connectivity index (χ1n) is 3.86. The zero-order chi connectivity index (χ0) is 9.14. The lowest BCUT2D eigenvalue weighted by Crippen LogP contribution is -2.12. The fourth-order valence-corrected chi connectivity index (χ4v) is 1.09. The normalized spacial score (nSPS) is 9.83. The SMILES string of the molecule is Bc1cc(C(C)=O)ccc1CO. The van der Waals surface area contributed by atoms with E-state index in [2.05, 4.69) is 0 Å². The quantitative estimate of drug-likeness (QED) is 0.476. The summed E-state index contributed by atoms with van der Waals surface area (Å²) in [5, 5.41) is 8.86. The Morgan fingerprint density at radius 1 is 1.58 bits per heavy atom. The maximum Gasteiger partial charge on any atom is 0.159 e. The summed E-state index contributed by atoms with van der Waals surface area (Å²) in [5.74, 6) is 0.0580. The van der Waals surface area contributed by atoms with Crippen LogP contribution in [0, 0.1) is 0 Å². The first-order valence-corrected chi connectivity index (χ1v) is 3.86. The molecule has 0 atom stereocenters. The molecule has 0 aliphatic carbocycles. The summed E-state index contributed by atoms with van der Waals surface area (Å²) >= 11 is 0. The van der Waals surface area contributed by atoms with E-state index in [9.17, 15) is 4.79 Å². The molecule has 1 rings (SSSR count). The van der Waals surface area contributed by atoms with Crippen molar-refractivity contribution in [2.75, 3.05) is 0 Å². The van der Waals surface area contributed by atoms with Crippen molar-refractivity contribution in [1.82, 2.24) is 0 Å². The maximum absolute atomic E-state index is 10.9. The van der Waals surface area contributed by atoms with Gasteiger partial charge in [0.1, 0.15) is 7.85 Å². The zero-order valence-electron chi connectivity index (χ0n) is 7.29. The minimum absolute atomic E-state index is 0.0318. The number of Topliss-reactive ketones (excluding diaryl/α,β-unsaturated/α-hetero) is 1. The van der Waals surface area contributed by atoms with Gasteiger partial charge in [0.15, 0.2) is 5.78 Å². The summed E-state index contributed by atoms with van der Waals surface area (Å²) in [4.78, 5) is 10.9. The average molecular weight is 162 g/mol. The van der Waals surface area contributed by atoms with Gasteiger partial charge in [0.25, 0.3) is 0 Å². The minimum Gasteiger partial charge on any atom is -0.392 e. The van der Waals surface area contributed by atoms with Crippen LogP contribution in [0.1, 0.15) is 22.8 Å². The first-order chi connectivity index (χ1) is 5.65. The van der Waals surface area contributed by atoms with Crippen molar-refractivity contribution in [3.8, 4) is 0 Å². The maximum atomic E-state index is 10.9. The Hall–Kier alpha value is -1.09. The third-order valence-electron chi connectivity index (χ3n) is 1.92. The van der Waals surface area contributed by atoms with Crippen LogP contribution in [0.3, 0.4) is 0 Å². The monoisotopic (exact) mass is 162 g/mol. The van der Waals surface area contributed by atoms with Gasteiger partial charge in [0, 0.05) is 5.56 Å². The van der Waals surface area contributed by atoms with E-state index in [-0.39, 0.29) is 12.4 Å². The van der Waals surface area contributed by atoms with Crippen LogP contribution in [0.5, 0.6) is 0 Å². The topological polar surface area (TPSA) is 37.3 Å². The second kappa shape index (κ2) is 3.54. The summed E-state index contributed by atoms with van der Waals surface area (Å²) in [6, 6.07) is 5.32. The number of aliphatic hydroxyl groups excluding tert-OH is 1. The predicted octanol–water partition coefficient (Wildman–Crippen LogP) is -0.360. The molecule has 0 aliphatic heterocycles. The number of carbonyl (C=O) groups excluding carboxylic acids is 1. The van der Waals surface area contributed by atoms with Crippen LogP contribution in [0.15, 0.2) is 18.2 Å². The highest BCUT2D eigenvalue weighted by atomic mass is 16.3. The standard InChI is InChI=1S/C9H11BO2/c1-6(12)7-2-3-8(5-11)9(10)4-7/h2-4,11H,5,10H2,1H3. The third-order valence-corrected chi connectivity index (χ3v) is 1.92. The molecular weight excluding hydrogens is 151 g/mol. The Morgan fingerprint density at radius 3 is 2.67 bits per heavy atom. The van der Waals surface area contributed by atoms with Crippen molar-refractivity contribution >= 4 is 19.1 Å². The highest BCUT2D eigenvalue weighted by molar-refractivity contribution is 6.33. The van der Waals surface area contributed by atoms with Gasteiger partial charge < -0.3 is 5.11 Å². The van der Waals surface area contributed by atoms with Crippen LogP contribution in [0.25, 0.3) is 0 Å². The fraction of sp³-hybridized carbons (Fsp3) is 0.222. The zero-order valence-corrected chi connectivity index (χ0v) is 7.29. The Bertz CT molecular complexity index is 307. The molecule has 0 unspecified atom stereocenters.